The molecule has 6 heteroatoms. The number of aromatic nitrogens is 1. The van der Waals surface area contributed by atoms with Gasteiger partial charge in [0.2, 0.25) is 0 Å². The predicted molar refractivity (Wildman–Crippen MR) is 77.0 cm³/mol. The van der Waals surface area contributed by atoms with Crippen LogP contribution in [0.1, 0.15) is 0 Å². The molecule has 0 unspecified atom stereocenters. The van der Waals surface area contributed by atoms with Crippen molar-refractivity contribution in [1.82, 2.24) is 4.98 Å². The monoisotopic (exact) mass is 298 g/mol. The van der Waals surface area contributed by atoms with E-state index in [2.05, 4.69) is 9.88 Å². The molecule has 1 aliphatic rings. The number of anilines is 1. The van der Waals surface area contributed by atoms with Crippen molar-refractivity contribution in [3.8, 4) is 11.3 Å². The number of rotatable bonds is 2. The smallest absolute Gasteiger partial charge is 0.185 e. The molecule has 0 N–H and O–H groups in total. The van der Waals surface area contributed by atoms with Crippen LogP contribution < -0.4 is 4.90 Å². The van der Waals surface area contributed by atoms with Crippen LogP contribution in [0.4, 0.5) is 13.9 Å². The maximum Gasteiger partial charge on any atom is 0.185 e. The van der Waals surface area contributed by atoms with Gasteiger partial charge < -0.3 is 4.90 Å². The second kappa shape index (κ2) is 5.46. The number of hydrogen-bond donors (Lipinski definition) is 0. The average molecular weight is 298 g/mol. The summed E-state index contributed by atoms with van der Waals surface area (Å²) in [5.74, 6) is 1.29. The van der Waals surface area contributed by atoms with E-state index in [0.717, 1.165) is 41.9 Å². The molecule has 0 bridgehead atoms. The highest BCUT2D eigenvalue weighted by Gasteiger charge is 2.16. The van der Waals surface area contributed by atoms with Crippen LogP contribution in [0.3, 0.4) is 0 Å². The van der Waals surface area contributed by atoms with E-state index in [0.29, 0.717) is 5.69 Å². The summed E-state index contributed by atoms with van der Waals surface area (Å²) in [5, 5.41) is 2.67. The lowest BCUT2D eigenvalue weighted by Crippen LogP contribution is -2.32. The fourth-order valence-corrected chi connectivity index (χ4v) is 3.76. The number of thioether (sulfide) groups is 1. The summed E-state index contributed by atoms with van der Waals surface area (Å²) in [6.07, 6.45) is 0. The van der Waals surface area contributed by atoms with E-state index in [1.165, 1.54) is 17.4 Å². The predicted octanol–water partition coefficient (Wildman–Crippen LogP) is 3.64. The third kappa shape index (κ3) is 2.74. The Morgan fingerprint density at radius 3 is 2.74 bits per heavy atom. The van der Waals surface area contributed by atoms with Crippen LogP contribution in [0.2, 0.25) is 0 Å². The molecule has 2 nitrogen and oxygen atoms in total. The molecule has 0 atom stereocenters. The third-order valence-electron chi connectivity index (χ3n) is 2.98. The molecule has 2 aromatic rings. The Morgan fingerprint density at radius 2 is 1.95 bits per heavy atom. The first-order chi connectivity index (χ1) is 9.24. The van der Waals surface area contributed by atoms with Gasteiger partial charge in [0, 0.05) is 35.5 Å². The van der Waals surface area contributed by atoms with E-state index >= 15 is 0 Å². The Morgan fingerprint density at radius 1 is 1.16 bits per heavy atom. The van der Waals surface area contributed by atoms with E-state index in [9.17, 15) is 8.78 Å². The molecule has 0 radical (unpaired) electrons. The highest BCUT2D eigenvalue weighted by atomic mass is 32.2. The van der Waals surface area contributed by atoms with Gasteiger partial charge in [0.15, 0.2) is 5.13 Å². The zero-order valence-electron chi connectivity index (χ0n) is 10.1. The zero-order valence-corrected chi connectivity index (χ0v) is 11.7. The summed E-state index contributed by atoms with van der Waals surface area (Å²) >= 11 is 3.41. The lowest BCUT2D eigenvalue weighted by Gasteiger charge is -2.25. The van der Waals surface area contributed by atoms with Gasteiger partial charge in [-0.15, -0.1) is 11.3 Å². The van der Waals surface area contributed by atoms with E-state index in [4.69, 9.17) is 0 Å². The number of nitrogens with zero attached hydrogens (tertiary/aromatic N) is 2. The molecular formula is C13H12F2N2S2. The van der Waals surface area contributed by atoms with Crippen molar-refractivity contribution in [2.45, 2.75) is 0 Å². The summed E-state index contributed by atoms with van der Waals surface area (Å²) < 4.78 is 26.9. The second-order valence-corrected chi connectivity index (χ2v) is 6.30. The summed E-state index contributed by atoms with van der Waals surface area (Å²) in [7, 11) is 0. The molecule has 0 aliphatic carbocycles. The first-order valence-electron chi connectivity index (χ1n) is 5.98. The van der Waals surface area contributed by atoms with Crippen LogP contribution in [0.5, 0.6) is 0 Å². The Balaban J connectivity index is 1.89. The van der Waals surface area contributed by atoms with Crippen LogP contribution in [-0.4, -0.2) is 29.6 Å². The summed E-state index contributed by atoms with van der Waals surface area (Å²) in [6, 6.07) is 3.45. The van der Waals surface area contributed by atoms with E-state index in [1.807, 2.05) is 11.8 Å². The first-order valence-corrected chi connectivity index (χ1v) is 8.01. The van der Waals surface area contributed by atoms with Gasteiger partial charge in [0.1, 0.15) is 11.6 Å². The quantitative estimate of drug-likeness (QED) is 0.842. The Bertz CT molecular complexity index is 580. The number of thiazole rings is 1. The van der Waals surface area contributed by atoms with Gasteiger partial charge >= 0.3 is 0 Å². The van der Waals surface area contributed by atoms with Gasteiger partial charge in [0.05, 0.1) is 5.69 Å². The van der Waals surface area contributed by atoms with Crippen LogP contribution >= 0.6 is 23.1 Å². The molecule has 2 heterocycles. The second-order valence-electron chi connectivity index (χ2n) is 4.24. The van der Waals surface area contributed by atoms with Crippen molar-refractivity contribution >= 4 is 28.2 Å². The highest BCUT2D eigenvalue weighted by Crippen LogP contribution is 2.30. The standard InChI is InChI=1S/C13H12F2N2S2/c14-9-1-2-11(15)10(7-9)12-8-19-13(16-12)17-3-5-18-6-4-17/h1-2,7-8H,3-6H2. The topological polar surface area (TPSA) is 16.1 Å². The van der Waals surface area contributed by atoms with Gasteiger partial charge in [-0.1, -0.05) is 0 Å². The Kier molecular flexibility index (Phi) is 3.70. The van der Waals surface area contributed by atoms with Gasteiger partial charge in [-0.3, -0.25) is 0 Å². The van der Waals surface area contributed by atoms with Crippen LogP contribution in [0, 0.1) is 11.6 Å². The fourth-order valence-electron chi connectivity index (χ4n) is 1.98. The summed E-state index contributed by atoms with van der Waals surface area (Å²) in [6.45, 7) is 1.92. The lowest BCUT2D eigenvalue weighted by molar-refractivity contribution is 0.603. The largest absolute Gasteiger partial charge is 0.346 e. The minimum Gasteiger partial charge on any atom is -0.346 e. The molecular weight excluding hydrogens is 286 g/mol. The molecule has 0 saturated carbocycles. The maximum absolute atomic E-state index is 13.7. The number of benzene rings is 1. The normalized spacial score (nSPS) is 15.8. The van der Waals surface area contributed by atoms with Gasteiger partial charge in [-0.05, 0) is 18.2 Å². The third-order valence-corrected chi connectivity index (χ3v) is 4.82. The lowest BCUT2D eigenvalue weighted by atomic mass is 10.1. The molecule has 3 rings (SSSR count). The van der Waals surface area contributed by atoms with Gasteiger partial charge in [0.25, 0.3) is 0 Å². The van der Waals surface area contributed by atoms with Crippen molar-refractivity contribution < 1.29 is 8.78 Å². The van der Waals surface area contributed by atoms with Crippen molar-refractivity contribution in [2.24, 2.45) is 0 Å². The number of hydrogen-bond acceptors (Lipinski definition) is 4. The first kappa shape index (κ1) is 12.9. The van der Waals surface area contributed by atoms with E-state index in [-0.39, 0.29) is 5.56 Å². The molecule has 1 aliphatic heterocycles. The van der Waals surface area contributed by atoms with Crippen molar-refractivity contribution in [3.05, 3.63) is 35.2 Å². The minimum absolute atomic E-state index is 0.230. The Labute approximate surface area is 118 Å². The number of halogens is 2. The molecule has 19 heavy (non-hydrogen) atoms. The van der Waals surface area contributed by atoms with E-state index in [1.54, 1.807) is 5.38 Å². The fraction of sp³-hybridized carbons (Fsp3) is 0.308. The molecule has 1 aromatic heterocycles. The van der Waals surface area contributed by atoms with Gasteiger partial charge in [-0.2, -0.15) is 11.8 Å². The molecule has 0 spiro atoms. The Hall–Kier alpha value is -1.14. The van der Waals surface area contributed by atoms with Crippen LogP contribution in [0.15, 0.2) is 23.6 Å². The van der Waals surface area contributed by atoms with E-state index < -0.39 is 11.6 Å². The van der Waals surface area contributed by atoms with Crippen LogP contribution in [0.25, 0.3) is 11.3 Å². The van der Waals surface area contributed by atoms with Crippen LogP contribution in [-0.2, 0) is 0 Å². The molecule has 1 aromatic carbocycles. The van der Waals surface area contributed by atoms with Gasteiger partial charge in [-0.25, -0.2) is 13.8 Å². The molecule has 0 amide bonds. The zero-order chi connectivity index (χ0) is 13.2. The average Bonchev–Trinajstić information content (AvgIpc) is 2.92. The summed E-state index contributed by atoms with van der Waals surface area (Å²) in [5.41, 5.74) is 0.740. The SMILES string of the molecule is Fc1ccc(F)c(-c2csc(N3CCSCC3)n2)c1. The van der Waals surface area contributed by atoms with Crippen molar-refractivity contribution in [1.29, 1.82) is 0 Å². The maximum atomic E-state index is 13.7. The molecule has 1 saturated heterocycles. The summed E-state index contributed by atoms with van der Waals surface area (Å²) in [4.78, 5) is 6.63. The van der Waals surface area contributed by atoms with Crippen molar-refractivity contribution in [2.75, 3.05) is 29.5 Å². The minimum atomic E-state index is -0.444. The van der Waals surface area contributed by atoms with Crippen molar-refractivity contribution in [3.63, 3.8) is 0 Å². The molecule has 1 fully saturated rings. The highest BCUT2D eigenvalue weighted by molar-refractivity contribution is 7.99. The molecule has 100 valence electrons.